The van der Waals surface area contributed by atoms with Gasteiger partial charge in [-0.25, -0.2) is 0 Å². The van der Waals surface area contributed by atoms with Gasteiger partial charge in [0.15, 0.2) is 12.0 Å². The minimum Gasteiger partial charge on any atom is -0.387 e. The molecule has 1 saturated heterocycles. The van der Waals surface area contributed by atoms with Crippen molar-refractivity contribution in [3.63, 3.8) is 0 Å². The van der Waals surface area contributed by atoms with Crippen LogP contribution in [0.3, 0.4) is 0 Å². The molecule has 0 radical (unpaired) electrons. The first-order valence-corrected chi connectivity index (χ1v) is 10.7. The second kappa shape index (κ2) is 8.48. The zero-order valence-electron chi connectivity index (χ0n) is 15.6. The maximum Gasteiger partial charge on any atom is 0.338 e. The summed E-state index contributed by atoms with van der Waals surface area (Å²) in [6, 6.07) is 6.11. The smallest absolute Gasteiger partial charge is 0.338 e. The normalized spacial score (nSPS) is 31.5. The zero-order valence-corrected chi connectivity index (χ0v) is 16.4. The van der Waals surface area contributed by atoms with Crippen LogP contribution in [0.15, 0.2) is 40.5 Å². The Labute approximate surface area is 164 Å². The molecule has 0 aromatic heterocycles. The highest BCUT2D eigenvalue weighted by molar-refractivity contribution is 7.86. The topological polar surface area (TPSA) is 134 Å². The molecular formula is C19H26O8S. The molecule has 1 heterocycles. The first kappa shape index (κ1) is 21.2. The minimum atomic E-state index is -4.22. The van der Waals surface area contributed by atoms with Crippen molar-refractivity contribution in [2.45, 2.75) is 74.6 Å². The summed E-state index contributed by atoms with van der Waals surface area (Å²) in [5, 5.41) is 39.9. The molecule has 1 aliphatic carbocycles. The largest absolute Gasteiger partial charge is 0.387 e. The zero-order chi connectivity index (χ0) is 20.5. The van der Waals surface area contributed by atoms with E-state index in [2.05, 4.69) is 0 Å². The van der Waals surface area contributed by atoms with Gasteiger partial charge in [0.2, 0.25) is 0 Å². The second-order valence-electron chi connectivity index (χ2n) is 7.30. The standard InChI is InChI=1S/C19H26O8S/c1-11-7-9-13(10-8-11)28(24,25)27-17(12-5-3-2-4-6-12)18-15(21)14(20)16(22)19(23)26-18/h7-10,14-16,18-23H,2-6H2,1H3/t14-,15+,16+,18-,19-/m0/s1. The lowest BCUT2D eigenvalue weighted by Gasteiger charge is -2.39. The monoisotopic (exact) mass is 414 g/mol. The third-order valence-corrected chi connectivity index (χ3v) is 6.41. The predicted octanol–water partition coefficient (Wildman–Crippen LogP) is 0.718. The number of aliphatic hydroxyl groups excluding tert-OH is 4. The van der Waals surface area contributed by atoms with Crippen molar-refractivity contribution in [2.75, 3.05) is 0 Å². The Bertz CT molecular complexity index is 809. The van der Waals surface area contributed by atoms with Gasteiger partial charge in [0.1, 0.15) is 29.3 Å². The molecule has 1 aromatic carbocycles. The van der Waals surface area contributed by atoms with E-state index in [0.29, 0.717) is 18.4 Å². The molecule has 1 aromatic rings. The van der Waals surface area contributed by atoms with Crippen molar-refractivity contribution in [3.8, 4) is 0 Å². The van der Waals surface area contributed by atoms with Crippen LogP contribution < -0.4 is 0 Å². The molecule has 0 unspecified atom stereocenters. The Hall–Kier alpha value is -1.49. The molecule has 0 spiro atoms. The van der Waals surface area contributed by atoms with Crippen molar-refractivity contribution in [2.24, 2.45) is 0 Å². The maximum atomic E-state index is 12.8. The molecule has 0 bridgehead atoms. The molecule has 1 saturated carbocycles. The molecule has 2 aliphatic rings. The Balaban J connectivity index is 1.97. The van der Waals surface area contributed by atoms with Crippen LogP contribution in [0.1, 0.15) is 37.7 Å². The van der Waals surface area contributed by atoms with Gasteiger partial charge in [-0.15, -0.1) is 0 Å². The van der Waals surface area contributed by atoms with Crippen molar-refractivity contribution >= 4 is 10.1 Å². The first-order valence-electron chi connectivity index (χ1n) is 9.31. The van der Waals surface area contributed by atoms with Crippen molar-refractivity contribution in [1.29, 1.82) is 0 Å². The fourth-order valence-electron chi connectivity index (χ4n) is 3.48. The van der Waals surface area contributed by atoms with E-state index in [9.17, 15) is 28.8 Å². The van der Waals surface area contributed by atoms with Gasteiger partial charge < -0.3 is 29.3 Å². The number of allylic oxidation sites excluding steroid dienone is 1. The van der Waals surface area contributed by atoms with Gasteiger partial charge in [0.25, 0.3) is 0 Å². The van der Waals surface area contributed by atoms with E-state index in [1.807, 2.05) is 6.92 Å². The highest BCUT2D eigenvalue weighted by Gasteiger charge is 2.47. The molecule has 8 nitrogen and oxygen atoms in total. The number of hydrogen-bond donors (Lipinski definition) is 4. The first-order chi connectivity index (χ1) is 13.2. The molecular weight excluding hydrogens is 388 g/mol. The number of ether oxygens (including phenoxy) is 1. The van der Waals surface area contributed by atoms with Gasteiger partial charge in [0.05, 0.1) is 0 Å². The van der Waals surface area contributed by atoms with Gasteiger partial charge in [-0.1, -0.05) is 24.1 Å². The summed E-state index contributed by atoms with van der Waals surface area (Å²) in [5.41, 5.74) is 1.54. The van der Waals surface area contributed by atoms with Gasteiger partial charge in [-0.05, 0) is 50.3 Å². The molecule has 1 aliphatic heterocycles. The lowest BCUT2D eigenvalue weighted by atomic mass is 9.89. The SMILES string of the molecule is Cc1ccc(S(=O)(=O)OC(=C2CCCCC2)[C@H]2O[C@H](O)[C@H](O)[C@@H](O)[C@H]2O)cc1. The van der Waals surface area contributed by atoms with E-state index < -0.39 is 40.8 Å². The van der Waals surface area contributed by atoms with Crippen LogP contribution >= 0.6 is 0 Å². The molecule has 28 heavy (non-hydrogen) atoms. The third-order valence-electron chi connectivity index (χ3n) is 5.16. The van der Waals surface area contributed by atoms with Crippen LogP contribution in [0.25, 0.3) is 0 Å². The second-order valence-corrected chi connectivity index (χ2v) is 8.84. The number of hydrogen-bond acceptors (Lipinski definition) is 8. The van der Waals surface area contributed by atoms with Crippen molar-refractivity contribution in [3.05, 3.63) is 41.2 Å². The number of benzene rings is 1. The Morgan fingerprint density at radius 1 is 0.964 bits per heavy atom. The molecule has 4 N–H and O–H groups in total. The lowest BCUT2D eigenvalue weighted by Crippen LogP contribution is -2.58. The van der Waals surface area contributed by atoms with Gasteiger partial charge in [-0.3, -0.25) is 0 Å². The van der Waals surface area contributed by atoms with Gasteiger partial charge in [-0.2, -0.15) is 8.42 Å². The summed E-state index contributed by atoms with van der Waals surface area (Å²) in [6.45, 7) is 1.83. The third kappa shape index (κ3) is 4.40. The molecule has 9 heteroatoms. The number of aryl methyl sites for hydroxylation is 1. The summed E-state index contributed by atoms with van der Waals surface area (Å²) in [4.78, 5) is -0.0570. The molecule has 3 rings (SSSR count). The molecule has 2 fully saturated rings. The summed E-state index contributed by atoms with van der Waals surface area (Å²) in [5.74, 6) is -0.127. The molecule has 0 amide bonds. The van der Waals surface area contributed by atoms with Crippen LogP contribution in [0.2, 0.25) is 0 Å². The van der Waals surface area contributed by atoms with E-state index in [4.69, 9.17) is 8.92 Å². The lowest BCUT2D eigenvalue weighted by molar-refractivity contribution is -0.277. The Morgan fingerprint density at radius 3 is 2.18 bits per heavy atom. The average Bonchev–Trinajstić information content (AvgIpc) is 2.68. The fourth-order valence-corrected chi connectivity index (χ4v) is 4.50. The quantitative estimate of drug-likeness (QED) is 0.418. The van der Waals surface area contributed by atoms with E-state index in [-0.39, 0.29) is 10.7 Å². The fraction of sp³-hybridized carbons (Fsp3) is 0.579. The summed E-state index contributed by atoms with van der Waals surface area (Å²) >= 11 is 0. The van der Waals surface area contributed by atoms with Crippen LogP contribution in [-0.4, -0.2) is 59.5 Å². The van der Waals surface area contributed by atoms with Crippen LogP contribution in [0.5, 0.6) is 0 Å². The predicted molar refractivity (Wildman–Crippen MR) is 98.5 cm³/mol. The highest BCUT2D eigenvalue weighted by atomic mass is 32.2. The van der Waals surface area contributed by atoms with Crippen molar-refractivity contribution < 1.29 is 37.8 Å². The van der Waals surface area contributed by atoms with Crippen LogP contribution in [-0.2, 0) is 19.0 Å². The summed E-state index contributed by atoms with van der Waals surface area (Å²) in [7, 11) is -4.22. The summed E-state index contributed by atoms with van der Waals surface area (Å²) in [6.07, 6.45) is -4.53. The number of aliphatic hydroxyl groups is 4. The molecule has 5 atom stereocenters. The average molecular weight is 414 g/mol. The van der Waals surface area contributed by atoms with Crippen LogP contribution in [0.4, 0.5) is 0 Å². The van der Waals surface area contributed by atoms with E-state index in [1.165, 1.54) is 12.1 Å². The maximum absolute atomic E-state index is 12.8. The van der Waals surface area contributed by atoms with Crippen molar-refractivity contribution in [1.82, 2.24) is 0 Å². The van der Waals surface area contributed by atoms with E-state index in [0.717, 1.165) is 24.8 Å². The van der Waals surface area contributed by atoms with E-state index in [1.54, 1.807) is 12.1 Å². The highest BCUT2D eigenvalue weighted by Crippen LogP contribution is 2.35. The summed E-state index contributed by atoms with van der Waals surface area (Å²) < 4.78 is 36.3. The van der Waals surface area contributed by atoms with E-state index >= 15 is 0 Å². The minimum absolute atomic E-state index is 0.0570. The Kier molecular flexibility index (Phi) is 6.43. The van der Waals surface area contributed by atoms with Crippen LogP contribution in [0, 0.1) is 6.92 Å². The van der Waals surface area contributed by atoms with Gasteiger partial charge >= 0.3 is 10.1 Å². The molecule has 156 valence electrons. The van der Waals surface area contributed by atoms with Gasteiger partial charge in [0, 0.05) is 0 Å². The Morgan fingerprint density at radius 2 is 1.57 bits per heavy atom. The number of rotatable bonds is 4.